The summed E-state index contributed by atoms with van der Waals surface area (Å²) in [7, 11) is 0. The van der Waals surface area contributed by atoms with Crippen molar-refractivity contribution in [1.82, 2.24) is 5.32 Å². The van der Waals surface area contributed by atoms with Crippen LogP contribution in [-0.2, 0) is 0 Å². The van der Waals surface area contributed by atoms with Crippen LogP contribution in [0.5, 0.6) is 0 Å². The van der Waals surface area contributed by atoms with Crippen LogP contribution >= 0.6 is 12.2 Å². The molecule has 0 aliphatic rings. The molecule has 0 unspecified atom stereocenters. The van der Waals surface area contributed by atoms with E-state index in [-0.39, 0.29) is 16.9 Å². The average Bonchev–Trinajstić information content (AvgIpc) is 2.76. The number of carbonyl (C=O) groups is 2. The molecule has 0 bridgehead atoms. The third kappa shape index (κ3) is 5.80. The first-order chi connectivity index (χ1) is 15.2. The number of para-hydroxylation sites is 1. The summed E-state index contributed by atoms with van der Waals surface area (Å²) in [6.45, 7) is 8.22. The summed E-state index contributed by atoms with van der Waals surface area (Å²) in [5, 5.41) is 8.67. The highest BCUT2D eigenvalue weighted by atomic mass is 32.1. The molecule has 32 heavy (non-hydrogen) atoms. The number of amides is 2. The number of benzene rings is 3. The fourth-order valence-electron chi connectivity index (χ4n) is 3.16. The minimum absolute atomic E-state index is 0.120. The zero-order valence-corrected chi connectivity index (χ0v) is 19.5. The molecule has 2 amide bonds. The van der Waals surface area contributed by atoms with E-state index in [1.807, 2.05) is 44.2 Å². The molecule has 0 atom stereocenters. The van der Waals surface area contributed by atoms with Crippen LogP contribution in [0.3, 0.4) is 0 Å². The van der Waals surface area contributed by atoms with E-state index in [1.54, 1.807) is 36.4 Å². The summed E-state index contributed by atoms with van der Waals surface area (Å²) < 4.78 is 0. The van der Waals surface area contributed by atoms with E-state index in [2.05, 4.69) is 29.8 Å². The normalized spacial score (nSPS) is 10.5. The maximum atomic E-state index is 12.9. The van der Waals surface area contributed by atoms with Crippen LogP contribution in [0.1, 0.15) is 57.2 Å². The molecule has 6 heteroatoms. The van der Waals surface area contributed by atoms with E-state index in [0.29, 0.717) is 28.4 Å². The molecule has 0 saturated heterocycles. The minimum Gasteiger partial charge on any atom is -0.332 e. The zero-order valence-electron chi connectivity index (χ0n) is 18.7. The lowest BCUT2D eigenvalue weighted by atomic mass is 10.0. The van der Waals surface area contributed by atoms with Gasteiger partial charge in [-0.15, -0.1) is 0 Å². The number of thiocarbonyl (C=S) groups is 1. The highest BCUT2D eigenvalue weighted by Crippen LogP contribution is 2.20. The monoisotopic (exact) mass is 445 g/mol. The second-order valence-electron chi connectivity index (χ2n) is 7.98. The Kier molecular flexibility index (Phi) is 7.38. The molecule has 0 heterocycles. The van der Waals surface area contributed by atoms with Crippen LogP contribution in [0.4, 0.5) is 11.4 Å². The van der Waals surface area contributed by atoms with Gasteiger partial charge in [-0.25, -0.2) is 0 Å². The molecule has 0 saturated carbocycles. The lowest BCUT2D eigenvalue weighted by Crippen LogP contribution is -2.34. The van der Waals surface area contributed by atoms with Gasteiger partial charge >= 0.3 is 0 Å². The third-order valence-corrected chi connectivity index (χ3v) is 5.46. The standard InChI is InChI=1S/C26H27N3O2S/c1-16(2)19-10-12-20(13-11-19)24(30)29-26(32)28-23-8-6-5-7-22(23)25(31)27-21-14-9-17(3)18(4)15-21/h5-16H,1-4H3,(H,27,31)(H2,28,29,30,32). The lowest BCUT2D eigenvalue weighted by molar-refractivity contribution is 0.0976. The minimum atomic E-state index is -0.310. The summed E-state index contributed by atoms with van der Waals surface area (Å²) in [5.41, 5.74) is 5.57. The van der Waals surface area contributed by atoms with E-state index >= 15 is 0 Å². The smallest absolute Gasteiger partial charge is 0.257 e. The van der Waals surface area contributed by atoms with Crippen molar-refractivity contribution >= 4 is 40.5 Å². The van der Waals surface area contributed by atoms with Crippen molar-refractivity contribution in [3.05, 3.63) is 94.5 Å². The predicted molar refractivity (Wildman–Crippen MR) is 135 cm³/mol. The SMILES string of the molecule is Cc1ccc(NC(=O)c2ccccc2NC(=S)NC(=O)c2ccc(C(C)C)cc2)cc1C. The van der Waals surface area contributed by atoms with Gasteiger partial charge in [0.15, 0.2) is 5.11 Å². The van der Waals surface area contributed by atoms with Crippen molar-refractivity contribution in [1.29, 1.82) is 0 Å². The summed E-state index contributed by atoms with van der Waals surface area (Å²) in [6.07, 6.45) is 0. The Balaban J connectivity index is 1.68. The topological polar surface area (TPSA) is 70.2 Å². The number of aryl methyl sites for hydroxylation is 2. The van der Waals surface area contributed by atoms with Gasteiger partial charge in [0, 0.05) is 11.3 Å². The van der Waals surface area contributed by atoms with Crippen LogP contribution in [0.15, 0.2) is 66.7 Å². The largest absolute Gasteiger partial charge is 0.332 e. The zero-order chi connectivity index (χ0) is 23.3. The molecule has 3 N–H and O–H groups in total. The summed E-state index contributed by atoms with van der Waals surface area (Å²) in [4.78, 5) is 25.4. The fraction of sp³-hybridized carbons (Fsp3) is 0.192. The van der Waals surface area contributed by atoms with E-state index in [9.17, 15) is 9.59 Å². The Labute approximate surface area is 194 Å². The molecule has 0 aliphatic carbocycles. The number of nitrogens with one attached hydrogen (secondary N) is 3. The number of anilines is 2. The van der Waals surface area contributed by atoms with Crippen LogP contribution in [0, 0.1) is 13.8 Å². The Morgan fingerprint density at radius 1 is 0.812 bits per heavy atom. The van der Waals surface area contributed by atoms with Gasteiger partial charge in [-0.2, -0.15) is 0 Å². The highest BCUT2D eigenvalue weighted by molar-refractivity contribution is 7.80. The molecule has 0 fully saturated rings. The van der Waals surface area contributed by atoms with Crippen LogP contribution < -0.4 is 16.0 Å². The van der Waals surface area contributed by atoms with Crippen LogP contribution in [-0.4, -0.2) is 16.9 Å². The van der Waals surface area contributed by atoms with Gasteiger partial charge in [-0.3, -0.25) is 14.9 Å². The van der Waals surface area contributed by atoms with Crippen molar-refractivity contribution in [3.63, 3.8) is 0 Å². The molecule has 3 aromatic carbocycles. The first kappa shape index (κ1) is 23.2. The first-order valence-corrected chi connectivity index (χ1v) is 10.9. The predicted octanol–water partition coefficient (Wildman–Crippen LogP) is 5.81. The summed E-state index contributed by atoms with van der Waals surface area (Å²) in [6, 6.07) is 20.2. The van der Waals surface area contributed by atoms with Gasteiger partial charge in [-0.05, 0) is 85.1 Å². The van der Waals surface area contributed by atoms with Gasteiger partial charge in [0.25, 0.3) is 11.8 Å². The molecule has 5 nitrogen and oxygen atoms in total. The molecule has 3 aromatic rings. The van der Waals surface area contributed by atoms with E-state index < -0.39 is 0 Å². The maximum absolute atomic E-state index is 12.9. The van der Waals surface area contributed by atoms with E-state index in [0.717, 1.165) is 16.7 Å². The van der Waals surface area contributed by atoms with Crippen LogP contribution in [0.2, 0.25) is 0 Å². The first-order valence-electron chi connectivity index (χ1n) is 10.4. The summed E-state index contributed by atoms with van der Waals surface area (Å²) in [5.74, 6) is -0.189. The molecular weight excluding hydrogens is 418 g/mol. The molecule has 0 spiro atoms. The van der Waals surface area contributed by atoms with Crippen molar-refractivity contribution in [3.8, 4) is 0 Å². The van der Waals surface area contributed by atoms with Crippen LogP contribution in [0.25, 0.3) is 0 Å². The molecule has 0 aliphatic heterocycles. The Hall–Kier alpha value is -3.51. The van der Waals surface area contributed by atoms with Gasteiger partial charge in [-0.1, -0.05) is 44.2 Å². The van der Waals surface area contributed by atoms with E-state index in [4.69, 9.17) is 12.2 Å². The van der Waals surface area contributed by atoms with Gasteiger partial charge in [0.1, 0.15) is 0 Å². The van der Waals surface area contributed by atoms with E-state index in [1.165, 1.54) is 0 Å². The maximum Gasteiger partial charge on any atom is 0.257 e. The van der Waals surface area contributed by atoms with Gasteiger partial charge in [0.2, 0.25) is 0 Å². The Bertz CT molecular complexity index is 1150. The van der Waals surface area contributed by atoms with Crippen molar-refractivity contribution in [2.24, 2.45) is 0 Å². The number of rotatable bonds is 5. The Morgan fingerprint density at radius 3 is 2.16 bits per heavy atom. The second kappa shape index (κ2) is 10.2. The molecule has 164 valence electrons. The second-order valence-corrected chi connectivity index (χ2v) is 8.39. The van der Waals surface area contributed by atoms with Gasteiger partial charge in [0.05, 0.1) is 11.3 Å². The van der Waals surface area contributed by atoms with Crippen molar-refractivity contribution < 1.29 is 9.59 Å². The average molecular weight is 446 g/mol. The number of hydrogen-bond donors (Lipinski definition) is 3. The van der Waals surface area contributed by atoms with Crippen molar-refractivity contribution in [2.45, 2.75) is 33.6 Å². The molecular formula is C26H27N3O2S. The third-order valence-electron chi connectivity index (χ3n) is 5.25. The molecule has 0 radical (unpaired) electrons. The number of carbonyl (C=O) groups excluding carboxylic acids is 2. The fourth-order valence-corrected chi connectivity index (χ4v) is 3.36. The van der Waals surface area contributed by atoms with Gasteiger partial charge < -0.3 is 10.6 Å². The Morgan fingerprint density at radius 2 is 1.50 bits per heavy atom. The summed E-state index contributed by atoms with van der Waals surface area (Å²) >= 11 is 5.31. The lowest BCUT2D eigenvalue weighted by Gasteiger charge is -2.14. The van der Waals surface area contributed by atoms with Crippen molar-refractivity contribution in [2.75, 3.05) is 10.6 Å². The highest BCUT2D eigenvalue weighted by Gasteiger charge is 2.14. The number of hydrogen-bond acceptors (Lipinski definition) is 3. The molecule has 0 aromatic heterocycles. The molecule has 3 rings (SSSR count). The quantitative estimate of drug-likeness (QED) is 0.434.